The number of ether oxygens (including phenoxy) is 2. The Balaban J connectivity index is 2.22. The van der Waals surface area contributed by atoms with Crippen molar-refractivity contribution in [1.82, 2.24) is 0 Å². The second-order valence-corrected chi connectivity index (χ2v) is 5.24. The molecule has 1 aromatic carbocycles. The first-order valence-corrected chi connectivity index (χ1v) is 7.42. The third-order valence-electron chi connectivity index (χ3n) is 2.88. The number of carbonyl (C=O) groups is 1. The lowest BCUT2D eigenvalue weighted by Crippen LogP contribution is -2.03. The highest BCUT2D eigenvalue weighted by molar-refractivity contribution is 5.83. The average molecular weight is 300 g/mol. The first kappa shape index (κ1) is 17.8. The number of esters is 1. The highest BCUT2D eigenvalue weighted by atomic mass is 16.5. The minimum atomic E-state index is -0.449. The molecule has 118 valence electrons. The van der Waals surface area contributed by atoms with Crippen molar-refractivity contribution in [3.63, 3.8) is 0 Å². The van der Waals surface area contributed by atoms with Gasteiger partial charge in [-0.3, -0.25) is 0 Å². The Hall–Kier alpha value is -2.29. The van der Waals surface area contributed by atoms with Gasteiger partial charge in [0, 0.05) is 0 Å². The maximum Gasteiger partial charge on any atom is 0.339 e. The standard InChI is InChI=1S/C19H24O3/c1-16(2)8-7-9-17(3)12-14-21-15-13-19(20)22-18-10-5-4-6-11-18/h4-6,8,10-13,15H,7,9,14H2,1-3H3/b15-13+,17-12+. The third kappa shape index (κ3) is 8.80. The number of benzene rings is 1. The first-order chi connectivity index (χ1) is 10.6. The lowest BCUT2D eigenvalue weighted by Gasteiger charge is -2.01. The van der Waals surface area contributed by atoms with Gasteiger partial charge >= 0.3 is 5.97 Å². The first-order valence-electron chi connectivity index (χ1n) is 7.42. The van der Waals surface area contributed by atoms with Crippen LogP contribution >= 0.6 is 0 Å². The SMILES string of the molecule is CC(C)=CCC/C(C)=C/CO/C=C/C(=O)Oc1ccccc1. The Morgan fingerprint density at radius 2 is 1.82 bits per heavy atom. The maximum atomic E-state index is 11.5. The molecule has 0 bridgehead atoms. The van der Waals surface area contributed by atoms with Crippen molar-refractivity contribution in [1.29, 1.82) is 0 Å². The van der Waals surface area contributed by atoms with E-state index in [1.54, 1.807) is 12.1 Å². The van der Waals surface area contributed by atoms with E-state index >= 15 is 0 Å². The third-order valence-corrected chi connectivity index (χ3v) is 2.88. The van der Waals surface area contributed by atoms with E-state index in [-0.39, 0.29) is 0 Å². The van der Waals surface area contributed by atoms with Gasteiger partial charge in [0.25, 0.3) is 0 Å². The fraction of sp³-hybridized carbons (Fsp3) is 0.316. The van der Waals surface area contributed by atoms with Crippen molar-refractivity contribution in [2.45, 2.75) is 33.6 Å². The van der Waals surface area contributed by atoms with Crippen LogP contribution in [0.1, 0.15) is 33.6 Å². The summed E-state index contributed by atoms with van der Waals surface area (Å²) < 4.78 is 10.4. The molecule has 0 aliphatic rings. The Kier molecular flexibility index (Phi) is 8.43. The smallest absolute Gasteiger partial charge is 0.339 e. The highest BCUT2D eigenvalue weighted by Gasteiger charge is 1.98. The predicted molar refractivity (Wildman–Crippen MR) is 89.6 cm³/mol. The molecule has 0 amide bonds. The molecule has 0 heterocycles. The monoisotopic (exact) mass is 300 g/mol. The van der Waals surface area contributed by atoms with Crippen LogP contribution in [0.5, 0.6) is 5.75 Å². The van der Waals surface area contributed by atoms with Gasteiger partial charge in [-0.1, -0.05) is 35.4 Å². The van der Waals surface area contributed by atoms with Crippen LogP contribution in [0.3, 0.4) is 0 Å². The van der Waals surface area contributed by atoms with Crippen LogP contribution in [0, 0.1) is 0 Å². The normalized spacial score (nSPS) is 11.3. The van der Waals surface area contributed by atoms with Crippen molar-refractivity contribution in [3.8, 4) is 5.75 Å². The summed E-state index contributed by atoms with van der Waals surface area (Å²) in [4.78, 5) is 11.5. The fourth-order valence-electron chi connectivity index (χ4n) is 1.68. The van der Waals surface area contributed by atoms with E-state index in [4.69, 9.17) is 9.47 Å². The van der Waals surface area contributed by atoms with E-state index < -0.39 is 5.97 Å². The molecule has 0 aliphatic heterocycles. The van der Waals surface area contributed by atoms with Crippen molar-refractivity contribution in [2.75, 3.05) is 6.61 Å². The van der Waals surface area contributed by atoms with Crippen LogP contribution in [-0.4, -0.2) is 12.6 Å². The van der Waals surface area contributed by atoms with E-state index in [0.29, 0.717) is 12.4 Å². The molecule has 1 aromatic rings. The summed E-state index contributed by atoms with van der Waals surface area (Å²) in [5.74, 6) is 0.0719. The van der Waals surface area contributed by atoms with Gasteiger partial charge in [-0.25, -0.2) is 4.79 Å². The van der Waals surface area contributed by atoms with Crippen molar-refractivity contribution in [2.24, 2.45) is 0 Å². The molecular weight excluding hydrogens is 276 g/mol. The Morgan fingerprint density at radius 3 is 2.50 bits per heavy atom. The molecule has 0 aromatic heterocycles. The molecule has 0 unspecified atom stereocenters. The summed E-state index contributed by atoms with van der Waals surface area (Å²) in [7, 11) is 0. The van der Waals surface area contributed by atoms with E-state index in [0.717, 1.165) is 12.8 Å². The van der Waals surface area contributed by atoms with Crippen molar-refractivity contribution < 1.29 is 14.3 Å². The van der Waals surface area contributed by atoms with Crippen molar-refractivity contribution >= 4 is 5.97 Å². The van der Waals surface area contributed by atoms with E-state index in [1.807, 2.05) is 24.3 Å². The zero-order valence-electron chi connectivity index (χ0n) is 13.5. The molecule has 0 spiro atoms. The van der Waals surface area contributed by atoms with Crippen LogP contribution in [0.15, 0.2) is 66.0 Å². The zero-order chi connectivity index (χ0) is 16.2. The zero-order valence-corrected chi connectivity index (χ0v) is 13.5. The average Bonchev–Trinajstić information content (AvgIpc) is 2.47. The Labute approximate surface area is 132 Å². The van der Waals surface area contributed by atoms with Gasteiger partial charge < -0.3 is 9.47 Å². The molecule has 0 radical (unpaired) electrons. The van der Waals surface area contributed by atoms with E-state index in [1.165, 1.54) is 23.5 Å². The second-order valence-electron chi connectivity index (χ2n) is 5.24. The van der Waals surface area contributed by atoms with Gasteiger partial charge in [0.2, 0.25) is 0 Å². The molecule has 0 fully saturated rings. The lowest BCUT2D eigenvalue weighted by atomic mass is 10.1. The summed E-state index contributed by atoms with van der Waals surface area (Å²) in [5, 5.41) is 0. The van der Waals surface area contributed by atoms with Gasteiger partial charge in [-0.05, 0) is 51.8 Å². The van der Waals surface area contributed by atoms with E-state index in [9.17, 15) is 4.79 Å². The minimum absolute atomic E-state index is 0.449. The number of para-hydroxylation sites is 1. The number of carbonyl (C=O) groups excluding carboxylic acids is 1. The summed E-state index contributed by atoms with van der Waals surface area (Å²) in [6.07, 6.45) is 8.95. The molecule has 22 heavy (non-hydrogen) atoms. The van der Waals surface area contributed by atoms with Gasteiger partial charge in [0.15, 0.2) is 0 Å². The van der Waals surface area contributed by atoms with Gasteiger partial charge in [-0.15, -0.1) is 0 Å². The van der Waals surface area contributed by atoms with Gasteiger partial charge in [0.05, 0.1) is 12.3 Å². The molecule has 3 heteroatoms. The maximum absolute atomic E-state index is 11.5. The minimum Gasteiger partial charge on any atom is -0.497 e. The molecule has 0 atom stereocenters. The Bertz CT molecular complexity index is 535. The predicted octanol–water partition coefficient (Wildman–Crippen LogP) is 4.82. The number of rotatable bonds is 8. The largest absolute Gasteiger partial charge is 0.497 e. The molecule has 0 N–H and O–H groups in total. The molecule has 1 rings (SSSR count). The van der Waals surface area contributed by atoms with Crippen LogP contribution in [0.25, 0.3) is 0 Å². The number of hydrogen-bond donors (Lipinski definition) is 0. The highest BCUT2D eigenvalue weighted by Crippen LogP contribution is 2.09. The van der Waals surface area contributed by atoms with Crippen LogP contribution in [0.4, 0.5) is 0 Å². The molecular formula is C19H24O3. The van der Waals surface area contributed by atoms with Gasteiger partial charge in [-0.2, -0.15) is 0 Å². The summed E-state index contributed by atoms with van der Waals surface area (Å²) in [6.45, 7) is 6.73. The molecule has 0 saturated carbocycles. The second kappa shape index (κ2) is 10.4. The molecule has 0 aliphatic carbocycles. The summed E-state index contributed by atoms with van der Waals surface area (Å²) >= 11 is 0. The quantitative estimate of drug-likeness (QED) is 0.172. The lowest BCUT2D eigenvalue weighted by molar-refractivity contribution is -0.129. The molecule has 3 nitrogen and oxygen atoms in total. The van der Waals surface area contributed by atoms with Crippen molar-refractivity contribution in [3.05, 3.63) is 66.0 Å². The van der Waals surface area contributed by atoms with Crippen LogP contribution < -0.4 is 4.74 Å². The summed E-state index contributed by atoms with van der Waals surface area (Å²) in [5.41, 5.74) is 2.61. The van der Waals surface area contributed by atoms with Crippen LogP contribution in [-0.2, 0) is 9.53 Å². The van der Waals surface area contributed by atoms with Crippen LogP contribution in [0.2, 0.25) is 0 Å². The number of hydrogen-bond acceptors (Lipinski definition) is 3. The topological polar surface area (TPSA) is 35.5 Å². The molecule has 0 saturated heterocycles. The fourth-order valence-corrected chi connectivity index (χ4v) is 1.68. The number of allylic oxidation sites excluding steroid dienone is 3. The van der Waals surface area contributed by atoms with Gasteiger partial charge in [0.1, 0.15) is 12.4 Å². The van der Waals surface area contributed by atoms with E-state index in [2.05, 4.69) is 26.8 Å². The Morgan fingerprint density at radius 1 is 1.09 bits per heavy atom. The summed E-state index contributed by atoms with van der Waals surface area (Å²) in [6, 6.07) is 8.94.